The molecule has 1 fully saturated rings. The summed E-state index contributed by atoms with van der Waals surface area (Å²) < 4.78 is 28.2. The molecule has 1 saturated heterocycles. The summed E-state index contributed by atoms with van der Waals surface area (Å²) in [5.41, 5.74) is 3.91. The Hall–Kier alpha value is -1.52. The number of aliphatic hydroxyl groups excluding tert-OH is 1. The molecule has 1 atom stereocenters. The molecule has 2 rings (SSSR count). The van der Waals surface area contributed by atoms with Gasteiger partial charge in [-0.05, 0) is 44.0 Å². The van der Waals surface area contributed by atoms with E-state index < -0.39 is 28.3 Å². The molecule has 1 aromatic carbocycles. The Morgan fingerprint density at radius 1 is 1.31 bits per heavy atom. The van der Waals surface area contributed by atoms with Crippen LogP contribution in [0.2, 0.25) is 5.02 Å². The number of aliphatic hydroxyl groups is 1. The van der Waals surface area contributed by atoms with E-state index >= 15 is 0 Å². The molecule has 10 heteroatoms. The van der Waals surface area contributed by atoms with Gasteiger partial charge in [0.05, 0.1) is 6.61 Å². The van der Waals surface area contributed by atoms with E-state index in [2.05, 4.69) is 4.72 Å². The average molecular weight is 404 g/mol. The molecule has 0 radical (unpaired) electrons. The predicted molar refractivity (Wildman–Crippen MR) is 96.8 cm³/mol. The zero-order chi connectivity index (χ0) is 19.5. The number of hydrogen-bond acceptors (Lipinski definition) is 5. The van der Waals surface area contributed by atoms with Gasteiger partial charge in [-0.25, -0.2) is 0 Å². The number of ketones is 1. The zero-order valence-corrected chi connectivity index (χ0v) is 15.9. The number of hydrogen-bond donors (Lipinski definition) is 3. The summed E-state index contributed by atoms with van der Waals surface area (Å²) in [6.45, 7) is 0.704. The van der Waals surface area contributed by atoms with E-state index in [4.69, 9.17) is 17.3 Å². The summed E-state index contributed by atoms with van der Waals surface area (Å²) in [7, 11) is -4.02. The van der Waals surface area contributed by atoms with Crippen molar-refractivity contribution < 1.29 is 23.1 Å². The van der Waals surface area contributed by atoms with Gasteiger partial charge < -0.3 is 10.8 Å². The maximum absolute atomic E-state index is 12.5. The van der Waals surface area contributed by atoms with Gasteiger partial charge in [-0.15, -0.1) is 0 Å². The maximum Gasteiger partial charge on any atom is 0.280 e. The SMILES string of the molecule is CC(CO)(NS(=O)(=O)N1CCC(C(=O)c2ccc(Cl)cc2)CC1)C(N)=O. The van der Waals surface area contributed by atoms with Crippen molar-refractivity contribution in [2.75, 3.05) is 19.7 Å². The number of piperidine rings is 1. The number of carbonyl (C=O) groups is 2. The van der Waals surface area contributed by atoms with Gasteiger partial charge in [0.15, 0.2) is 5.78 Å². The van der Waals surface area contributed by atoms with Crippen molar-refractivity contribution in [1.29, 1.82) is 0 Å². The quantitative estimate of drug-likeness (QED) is 0.564. The number of carbonyl (C=O) groups excluding carboxylic acids is 2. The molecule has 144 valence electrons. The molecule has 1 heterocycles. The Bertz CT molecular complexity index is 776. The molecule has 1 aromatic rings. The zero-order valence-electron chi connectivity index (χ0n) is 14.3. The number of benzene rings is 1. The number of Topliss-reactive ketones (excluding diaryl/α,β-unsaturated/α-hetero) is 1. The van der Waals surface area contributed by atoms with Gasteiger partial charge in [-0.1, -0.05) is 11.6 Å². The predicted octanol–water partition coefficient (Wildman–Crippen LogP) is 0.305. The summed E-state index contributed by atoms with van der Waals surface area (Å²) in [6, 6.07) is 6.57. The van der Waals surface area contributed by atoms with E-state index in [0.29, 0.717) is 23.4 Å². The number of primary amides is 1. The third-order valence-electron chi connectivity index (χ3n) is 4.51. The molecule has 0 aromatic heterocycles. The van der Waals surface area contributed by atoms with Gasteiger partial charge in [0.2, 0.25) is 5.91 Å². The number of nitrogens with zero attached hydrogens (tertiary/aromatic N) is 1. The first kappa shape index (κ1) is 20.8. The lowest BCUT2D eigenvalue weighted by Crippen LogP contribution is -2.61. The summed E-state index contributed by atoms with van der Waals surface area (Å²) in [5, 5.41) is 9.81. The Balaban J connectivity index is 2.02. The van der Waals surface area contributed by atoms with Crippen LogP contribution < -0.4 is 10.5 Å². The first-order chi connectivity index (χ1) is 12.1. The Morgan fingerprint density at radius 2 is 1.85 bits per heavy atom. The molecule has 4 N–H and O–H groups in total. The van der Waals surface area contributed by atoms with Crippen LogP contribution in [0.15, 0.2) is 24.3 Å². The minimum atomic E-state index is -4.02. The van der Waals surface area contributed by atoms with Crippen LogP contribution in [0.4, 0.5) is 0 Å². The first-order valence-electron chi connectivity index (χ1n) is 8.08. The monoisotopic (exact) mass is 403 g/mol. The van der Waals surface area contributed by atoms with Crippen LogP contribution in [0, 0.1) is 5.92 Å². The molecule has 0 saturated carbocycles. The minimum absolute atomic E-state index is 0.0518. The molecule has 1 amide bonds. The number of nitrogens with two attached hydrogens (primary N) is 1. The third-order valence-corrected chi connectivity index (χ3v) is 6.51. The Kier molecular flexibility index (Phi) is 6.41. The highest BCUT2D eigenvalue weighted by atomic mass is 35.5. The number of nitrogens with one attached hydrogen (secondary N) is 1. The minimum Gasteiger partial charge on any atom is -0.394 e. The van der Waals surface area contributed by atoms with Gasteiger partial charge >= 0.3 is 0 Å². The largest absolute Gasteiger partial charge is 0.394 e. The molecular formula is C16H22ClN3O5S. The van der Waals surface area contributed by atoms with Crippen LogP contribution in [0.5, 0.6) is 0 Å². The smallest absolute Gasteiger partial charge is 0.280 e. The summed E-state index contributed by atoms with van der Waals surface area (Å²) in [5.74, 6) is -1.32. The fraction of sp³-hybridized carbons (Fsp3) is 0.500. The molecule has 0 bridgehead atoms. The fourth-order valence-corrected chi connectivity index (χ4v) is 4.40. The highest BCUT2D eigenvalue weighted by Crippen LogP contribution is 2.24. The molecule has 0 aliphatic carbocycles. The molecule has 0 spiro atoms. The second kappa shape index (κ2) is 8.01. The lowest BCUT2D eigenvalue weighted by Gasteiger charge is -2.33. The molecule has 1 aliphatic heterocycles. The highest BCUT2D eigenvalue weighted by molar-refractivity contribution is 7.87. The van der Waals surface area contributed by atoms with E-state index in [1.807, 2.05) is 0 Å². The Morgan fingerprint density at radius 3 is 2.31 bits per heavy atom. The second-order valence-corrected chi connectivity index (χ2v) is 8.61. The molecule has 26 heavy (non-hydrogen) atoms. The average Bonchev–Trinajstić information content (AvgIpc) is 2.61. The van der Waals surface area contributed by atoms with Gasteiger partial charge in [0.1, 0.15) is 5.54 Å². The van der Waals surface area contributed by atoms with Gasteiger partial charge in [0.25, 0.3) is 10.2 Å². The van der Waals surface area contributed by atoms with Crippen molar-refractivity contribution in [3.63, 3.8) is 0 Å². The van der Waals surface area contributed by atoms with E-state index in [0.717, 1.165) is 4.31 Å². The van der Waals surface area contributed by atoms with Crippen LogP contribution in [-0.2, 0) is 15.0 Å². The lowest BCUT2D eigenvalue weighted by molar-refractivity contribution is -0.124. The van der Waals surface area contributed by atoms with Crippen LogP contribution in [0.1, 0.15) is 30.1 Å². The van der Waals surface area contributed by atoms with Gasteiger partial charge in [-0.2, -0.15) is 17.4 Å². The molecule has 8 nitrogen and oxygen atoms in total. The molecule has 1 unspecified atom stereocenters. The van der Waals surface area contributed by atoms with Crippen molar-refractivity contribution in [3.8, 4) is 0 Å². The van der Waals surface area contributed by atoms with Crippen LogP contribution in [0.25, 0.3) is 0 Å². The highest BCUT2D eigenvalue weighted by Gasteiger charge is 2.39. The van der Waals surface area contributed by atoms with Gasteiger partial charge in [0, 0.05) is 29.6 Å². The normalized spacial score (nSPS) is 19.0. The van der Waals surface area contributed by atoms with E-state index in [-0.39, 0.29) is 24.8 Å². The first-order valence-corrected chi connectivity index (χ1v) is 9.90. The summed E-state index contributed by atoms with van der Waals surface area (Å²) in [4.78, 5) is 23.9. The summed E-state index contributed by atoms with van der Waals surface area (Å²) in [6.07, 6.45) is 0.712. The molecular weight excluding hydrogens is 382 g/mol. The van der Waals surface area contributed by atoms with Crippen LogP contribution >= 0.6 is 11.6 Å². The summed E-state index contributed by atoms with van der Waals surface area (Å²) >= 11 is 5.82. The number of rotatable bonds is 7. The molecule has 1 aliphatic rings. The van der Waals surface area contributed by atoms with Crippen molar-refractivity contribution >= 4 is 33.5 Å². The lowest BCUT2D eigenvalue weighted by atomic mass is 9.90. The number of amides is 1. The van der Waals surface area contributed by atoms with E-state index in [9.17, 15) is 23.1 Å². The van der Waals surface area contributed by atoms with Crippen molar-refractivity contribution in [2.24, 2.45) is 11.7 Å². The maximum atomic E-state index is 12.5. The fourth-order valence-electron chi connectivity index (χ4n) is 2.72. The van der Waals surface area contributed by atoms with Crippen molar-refractivity contribution in [1.82, 2.24) is 9.03 Å². The topological polar surface area (TPSA) is 130 Å². The van der Waals surface area contributed by atoms with E-state index in [1.54, 1.807) is 24.3 Å². The van der Waals surface area contributed by atoms with Crippen molar-refractivity contribution in [3.05, 3.63) is 34.9 Å². The van der Waals surface area contributed by atoms with E-state index in [1.165, 1.54) is 6.92 Å². The Labute approximate surface area is 157 Å². The van der Waals surface area contributed by atoms with Crippen molar-refractivity contribution in [2.45, 2.75) is 25.3 Å². The van der Waals surface area contributed by atoms with Gasteiger partial charge in [-0.3, -0.25) is 9.59 Å². The van der Waals surface area contributed by atoms with Crippen LogP contribution in [0.3, 0.4) is 0 Å². The van der Waals surface area contributed by atoms with Crippen LogP contribution in [-0.4, -0.2) is 54.8 Å². The third kappa shape index (κ3) is 4.60. The standard InChI is InChI=1S/C16H22ClN3O5S/c1-16(10-21,15(18)23)19-26(24,25)20-8-6-12(7-9-20)14(22)11-2-4-13(17)5-3-11/h2-5,12,19,21H,6-10H2,1H3,(H2,18,23). The number of halogens is 1. The second-order valence-electron chi connectivity index (χ2n) is 6.51.